The van der Waals surface area contributed by atoms with Gasteiger partial charge in [0.2, 0.25) is 29.5 Å². The summed E-state index contributed by atoms with van der Waals surface area (Å²) in [5.41, 5.74) is 1.90. The topological polar surface area (TPSA) is 328 Å². The number of unbranched alkanes of at least 4 members (excludes halogenated alkanes) is 4. The van der Waals surface area contributed by atoms with Gasteiger partial charge in [-0.1, -0.05) is 25.0 Å². The molecule has 2 aromatic carbocycles. The third-order valence-electron chi connectivity index (χ3n) is 16.8. The minimum Gasteiger partial charge on any atom is -0.494 e. The quantitative estimate of drug-likeness (QED) is 0.0327. The average Bonchev–Trinajstić information content (AvgIpc) is 1.31. The van der Waals surface area contributed by atoms with Crippen molar-refractivity contribution in [2.75, 3.05) is 124 Å². The molecule has 6 rings (SSSR count). The second kappa shape index (κ2) is 38.7. The standard InChI is InChI=1S/C64H89F2IN12O13/c65-64(66)38-49(39-68)79(45-64)58(83)40-72-62(90)51-20-25-69-53-19-18-50(37-52(51)53)92-36-7-4-9-47-21-26-78(27-22-47)57(82)13-2-1-5-24-71-63(91)54(11-3-6-23-70-55(80)12-8-10-46-14-16-48(67)17-15-46)73-56(81)41-74-28-30-75(42-59(84)85)32-34-77(44-61(88)89)35-33-76(31-29-74)43-60(86)87/h14-20,25,37,47,49,54H,1-13,21-24,26-36,38,40-45H2,(H,70,80)(H,71,91)(H,72,90)(H,73,81)(H,84,85)(H,86,87)(H,88,89)/t49-,54+/m1/s1. The van der Waals surface area contributed by atoms with Crippen molar-refractivity contribution in [3.8, 4) is 11.8 Å². The van der Waals surface area contributed by atoms with Gasteiger partial charge in [0.15, 0.2) is 0 Å². The van der Waals surface area contributed by atoms with E-state index in [1.807, 2.05) is 17.0 Å². The third kappa shape index (κ3) is 26.8. The fraction of sp³-hybridized carbons (Fsp3) is 0.609. The van der Waals surface area contributed by atoms with Crippen molar-refractivity contribution < 1.29 is 72.0 Å². The summed E-state index contributed by atoms with van der Waals surface area (Å²) < 4.78 is 35.0. The number of fused-ring (bicyclic) bond motifs is 1. The molecule has 3 aliphatic rings. The fourth-order valence-corrected chi connectivity index (χ4v) is 12.0. The highest BCUT2D eigenvalue weighted by Gasteiger charge is 2.47. The average molecular weight is 1400 g/mol. The van der Waals surface area contributed by atoms with Crippen LogP contribution < -0.4 is 26.0 Å². The molecule has 28 heteroatoms. The molecule has 3 aliphatic heterocycles. The highest BCUT2D eigenvalue weighted by atomic mass is 127. The number of aryl methyl sites for hydroxylation is 1. The SMILES string of the molecule is N#C[C@H]1CC(F)(F)CN1C(=O)CNC(=O)c1ccnc2ccc(OCCCCC3CCN(C(=O)CCCCCNC(=O)[C@H](CCCCNC(=O)CCCc4ccc(I)cc4)NC(=O)CN4CCN(CC(=O)O)CCN(CC(=O)O)CCN(CC(=O)O)CC4)CC3)cc12. The first-order valence-corrected chi connectivity index (χ1v) is 33.0. The number of nitrogens with one attached hydrogen (secondary N) is 4. The number of carbonyl (C=O) groups excluding carboxylic acids is 6. The molecular formula is C64H89F2IN12O13. The van der Waals surface area contributed by atoms with Gasteiger partial charge in [0.25, 0.3) is 11.8 Å². The Balaban J connectivity index is 0.908. The number of carbonyl (C=O) groups is 9. The minimum atomic E-state index is -3.17. The molecule has 3 aromatic rings. The van der Waals surface area contributed by atoms with Crippen LogP contribution in [0.25, 0.3) is 10.9 Å². The first-order chi connectivity index (χ1) is 44.1. The Labute approximate surface area is 549 Å². The summed E-state index contributed by atoms with van der Waals surface area (Å²) in [6, 6.07) is 14.4. The van der Waals surface area contributed by atoms with Crippen molar-refractivity contribution in [3.05, 3.63) is 69.4 Å². The number of alkyl halides is 2. The van der Waals surface area contributed by atoms with E-state index in [0.717, 1.165) is 52.6 Å². The van der Waals surface area contributed by atoms with Crippen LogP contribution >= 0.6 is 22.6 Å². The number of pyridine rings is 1. The van der Waals surface area contributed by atoms with Crippen LogP contribution in [0.15, 0.2) is 54.7 Å². The summed E-state index contributed by atoms with van der Waals surface area (Å²) in [6.07, 6.45) is 10.6. The molecule has 0 spiro atoms. The number of nitrogens with zero attached hydrogens (tertiary/aromatic N) is 8. The number of hydrogen-bond acceptors (Lipinski definition) is 16. The van der Waals surface area contributed by atoms with Crippen LogP contribution in [-0.2, 0) is 44.8 Å². The van der Waals surface area contributed by atoms with Crippen LogP contribution in [-0.4, -0.2) is 245 Å². The molecule has 0 saturated carbocycles. The van der Waals surface area contributed by atoms with E-state index in [9.17, 15) is 72.5 Å². The van der Waals surface area contributed by atoms with E-state index in [1.54, 1.807) is 43.9 Å². The molecule has 25 nitrogen and oxygen atoms in total. The Morgan fingerprint density at radius 3 is 1.90 bits per heavy atom. The normalized spacial score (nSPS) is 17.6. The van der Waals surface area contributed by atoms with Gasteiger partial charge in [-0.05, 0) is 141 Å². The monoisotopic (exact) mass is 1400 g/mol. The number of carboxylic acids is 3. The number of halogens is 3. The molecule has 7 N–H and O–H groups in total. The number of likely N-dealkylation sites (tertiary alicyclic amines) is 2. The van der Waals surface area contributed by atoms with Gasteiger partial charge in [0.05, 0.1) is 63.0 Å². The van der Waals surface area contributed by atoms with Gasteiger partial charge in [-0.15, -0.1) is 0 Å². The highest BCUT2D eigenvalue weighted by Crippen LogP contribution is 2.32. The maximum absolute atomic E-state index is 13.9. The van der Waals surface area contributed by atoms with E-state index in [-0.39, 0.29) is 108 Å². The second-order valence-corrected chi connectivity index (χ2v) is 25.2. The lowest BCUT2D eigenvalue weighted by Gasteiger charge is -2.33. The Hall–Kier alpha value is -7.20. The lowest BCUT2D eigenvalue weighted by Crippen LogP contribution is -2.52. The summed E-state index contributed by atoms with van der Waals surface area (Å²) >= 11 is 2.25. The van der Waals surface area contributed by atoms with Crippen molar-refractivity contribution in [2.45, 2.75) is 121 Å². The number of aliphatic carboxylic acids is 3. The van der Waals surface area contributed by atoms with Crippen molar-refractivity contribution in [3.63, 3.8) is 0 Å². The Morgan fingerprint density at radius 2 is 1.28 bits per heavy atom. The van der Waals surface area contributed by atoms with Gasteiger partial charge < -0.3 is 51.1 Å². The Morgan fingerprint density at radius 1 is 0.674 bits per heavy atom. The molecule has 3 fully saturated rings. The summed E-state index contributed by atoms with van der Waals surface area (Å²) in [5, 5.41) is 49.9. The number of amides is 6. The van der Waals surface area contributed by atoms with E-state index in [2.05, 4.69) is 61.0 Å². The molecule has 1 aromatic heterocycles. The van der Waals surface area contributed by atoms with E-state index in [1.165, 1.54) is 12.3 Å². The summed E-state index contributed by atoms with van der Waals surface area (Å²) in [5.74, 6) is -7.58. The van der Waals surface area contributed by atoms with Crippen LogP contribution in [0.2, 0.25) is 0 Å². The largest absolute Gasteiger partial charge is 0.494 e. The van der Waals surface area contributed by atoms with Gasteiger partial charge >= 0.3 is 17.9 Å². The Bertz CT molecular complexity index is 2960. The number of ether oxygens (including phenoxy) is 1. The first-order valence-electron chi connectivity index (χ1n) is 31.9. The van der Waals surface area contributed by atoms with Crippen LogP contribution in [0.5, 0.6) is 5.75 Å². The zero-order valence-electron chi connectivity index (χ0n) is 52.3. The van der Waals surface area contributed by atoms with Crippen LogP contribution in [0.4, 0.5) is 8.78 Å². The molecule has 0 aliphatic carbocycles. The zero-order chi connectivity index (χ0) is 66.4. The molecule has 6 amide bonds. The van der Waals surface area contributed by atoms with Gasteiger partial charge in [-0.25, -0.2) is 8.78 Å². The first kappa shape index (κ1) is 73.8. The van der Waals surface area contributed by atoms with Gasteiger partial charge in [0, 0.05) is 113 Å². The zero-order valence-corrected chi connectivity index (χ0v) is 54.5. The number of carboxylic acid groups (broad SMARTS) is 3. The lowest BCUT2D eigenvalue weighted by atomic mass is 9.91. The summed E-state index contributed by atoms with van der Waals surface area (Å²) in [4.78, 5) is 129. The molecule has 0 bridgehead atoms. The summed E-state index contributed by atoms with van der Waals surface area (Å²) in [7, 11) is 0. The minimum absolute atomic E-state index is 0.0685. The van der Waals surface area contributed by atoms with Crippen molar-refractivity contribution in [1.82, 2.24) is 55.7 Å². The van der Waals surface area contributed by atoms with Crippen LogP contribution in [0.1, 0.15) is 112 Å². The van der Waals surface area contributed by atoms with Gasteiger partial charge in [-0.3, -0.25) is 67.7 Å². The van der Waals surface area contributed by atoms with Gasteiger partial charge in [0.1, 0.15) is 17.8 Å². The van der Waals surface area contributed by atoms with Crippen molar-refractivity contribution in [1.29, 1.82) is 5.26 Å². The number of piperidine rings is 1. The van der Waals surface area contributed by atoms with E-state index < -0.39 is 73.1 Å². The molecule has 504 valence electrons. The number of aromatic nitrogens is 1. The molecule has 3 saturated heterocycles. The van der Waals surface area contributed by atoms with Crippen LogP contribution in [0, 0.1) is 20.8 Å². The molecule has 0 radical (unpaired) electrons. The van der Waals surface area contributed by atoms with E-state index in [0.29, 0.717) is 107 Å². The molecule has 0 unspecified atom stereocenters. The summed E-state index contributed by atoms with van der Waals surface area (Å²) in [6.45, 7) is 1.74. The van der Waals surface area contributed by atoms with Crippen molar-refractivity contribution >= 4 is 86.8 Å². The predicted molar refractivity (Wildman–Crippen MR) is 344 cm³/mol. The van der Waals surface area contributed by atoms with Crippen molar-refractivity contribution in [2.24, 2.45) is 5.92 Å². The smallest absolute Gasteiger partial charge is 0.317 e. The number of benzene rings is 2. The maximum atomic E-state index is 13.9. The maximum Gasteiger partial charge on any atom is 0.317 e. The van der Waals surface area contributed by atoms with Crippen LogP contribution in [0.3, 0.4) is 0 Å². The predicted octanol–water partition coefficient (Wildman–Crippen LogP) is 4.06. The van der Waals surface area contributed by atoms with Gasteiger partial charge in [-0.2, -0.15) is 5.26 Å². The molecular weight excluding hydrogens is 1310 g/mol. The molecule has 2 atom stereocenters. The molecule has 92 heavy (non-hydrogen) atoms. The third-order valence-corrected chi connectivity index (χ3v) is 17.5. The highest BCUT2D eigenvalue weighted by molar-refractivity contribution is 14.1. The number of hydrogen-bond donors (Lipinski definition) is 7. The van der Waals surface area contributed by atoms with E-state index >= 15 is 0 Å². The number of rotatable bonds is 34. The molecule has 4 heterocycles. The second-order valence-electron chi connectivity index (χ2n) is 23.9. The van der Waals surface area contributed by atoms with E-state index in [4.69, 9.17) is 4.74 Å². The fourth-order valence-electron chi connectivity index (χ4n) is 11.6. The Kier molecular flexibility index (Phi) is 31.1. The lowest BCUT2D eigenvalue weighted by molar-refractivity contribution is -0.140. The number of nitriles is 1.